The van der Waals surface area contributed by atoms with Crippen LogP contribution in [0.3, 0.4) is 0 Å². The summed E-state index contributed by atoms with van der Waals surface area (Å²) in [4.78, 5) is 12.4. The van der Waals surface area contributed by atoms with E-state index >= 15 is 0 Å². The van der Waals surface area contributed by atoms with E-state index in [1.807, 2.05) is 6.92 Å². The van der Waals surface area contributed by atoms with Crippen LogP contribution in [0, 0.1) is 0 Å². The van der Waals surface area contributed by atoms with Crippen molar-refractivity contribution in [1.29, 1.82) is 0 Å². The highest BCUT2D eigenvalue weighted by atomic mass is 16.5. The second kappa shape index (κ2) is 5.49. The highest BCUT2D eigenvalue weighted by Gasteiger charge is 2.15. The fourth-order valence-electron chi connectivity index (χ4n) is 1.49. The van der Waals surface area contributed by atoms with E-state index < -0.39 is 0 Å². The molecule has 0 fully saturated rings. The summed E-state index contributed by atoms with van der Waals surface area (Å²) in [5, 5.41) is 3.87. The number of hydrogen-bond donors (Lipinski definition) is 1. The van der Waals surface area contributed by atoms with Crippen molar-refractivity contribution in [3.8, 4) is 11.6 Å². The van der Waals surface area contributed by atoms with Crippen LogP contribution in [-0.4, -0.2) is 26.7 Å². The van der Waals surface area contributed by atoms with Gasteiger partial charge < -0.3 is 10.3 Å². The lowest BCUT2D eigenvalue weighted by Gasteiger charge is -2.03. The normalized spacial score (nSPS) is 12.6. The van der Waals surface area contributed by atoms with Crippen LogP contribution >= 0.6 is 0 Å². The predicted octanol–water partition coefficient (Wildman–Crippen LogP) is 1.37. The lowest BCUT2D eigenvalue weighted by Crippen LogP contribution is -2.02. The van der Waals surface area contributed by atoms with Gasteiger partial charge in [0.05, 0.1) is 0 Å². The Morgan fingerprint density at radius 3 is 2.76 bits per heavy atom. The predicted molar refractivity (Wildman–Crippen MR) is 62.0 cm³/mol. The molecule has 6 nitrogen and oxygen atoms in total. The van der Waals surface area contributed by atoms with Crippen molar-refractivity contribution in [2.45, 2.75) is 25.7 Å². The number of nitrogens with zero attached hydrogens (tertiary/aromatic N) is 4. The van der Waals surface area contributed by atoms with Gasteiger partial charge in [0, 0.05) is 18.3 Å². The van der Waals surface area contributed by atoms with Crippen molar-refractivity contribution in [3.63, 3.8) is 0 Å². The number of aromatic nitrogens is 4. The first-order valence-corrected chi connectivity index (χ1v) is 5.62. The smallest absolute Gasteiger partial charge is 0.240 e. The molecule has 1 unspecified atom stereocenters. The molecule has 0 aliphatic carbocycles. The van der Waals surface area contributed by atoms with Crippen molar-refractivity contribution in [3.05, 3.63) is 24.4 Å². The molecule has 6 heteroatoms. The lowest BCUT2D eigenvalue weighted by molar-refractivity contribution is 0.352. The Morgan fingerprint density at radius 1 is 1.29 bits per heavy atom. The molecule has 0 aliphatic rings. The minimum absolute atomic E-state index is 0.212. The van der Waals surface area contributed by atoms with E-state index in [0.717, 1.165) is 12.8 Å². The average molecular weight is 233 g/mol. The zero-order valence-corrected chi connectivity index (χ0v) is 9.71. The van der Waals surface area contributed by atoms with Gasteiger partial charge in [0.1, 0.15) is 0 Å². The third-order valence-corrected chi connectivity index (χ3v) is 2.47. The molecule has 1 atom stereocenters. The first-order valence-electron chi connectivity index (χ1n) is 5.62. The summed E-state index contributed by atoms with van der Waals surface area (Å²) < 4.78 is 5.20. The summed E-state index contributed by atoms with van der Waals surface area (Å²) >= 11 is 0. The van der Waals surface area contributed by atoms with Crippen molar-refractivity contribution in [2.75, 3.05) is 6.54 Å². The molecule has 17 heavy (non-hydrogen) atoms. The summed E-state index contributed by atoms with van der Waals surface area (Å²) in [6.45, 7) is 2.71. The molecule has 0 spiro atoms. The first-order chi connectivity index (χ1) is 8.31. The Morgan fingerprint density at radius 2 is 2.06 bits per heavy atom. The molecule has 0 saturated carbocycles. The van der Waals surface area contributed by atoms with Gasteiger partial charge in [0.15, 0.2) is 0 Å². The zero-order chi connectivity index (χ0) is 12.1. The Hall–Kier alpha value is -1.82. The Labute approximate surface area is 99.3 Å². The fraction of sp³-hybridized carbons (Fsp3) is 0.455. The second-order valence-electron chi connectivity index (χ2n) is 3.86. The van der Waals surface area contributed by atoms with Crippen LogP contribution in [0.4, 0.5) is 0 Å². The van der Waals surface area contributed by atoms with Crippen LogP contribution in [0.5, 0.6) is 0 Å². The molecule has 2 aromatic heterocycles. The molecule has 0 aromatic carbocycles. The maximum atomic E-state index is 5.46. The van der Waals surface area contributed by atoms with Gasteiger partial charge >= 0.3 is 0 Å². The van der Waals surface area contributed by atoms with Gasteiger partial charge in [0.2, 0.25) is 17.5 Å². The van der Waals surface area contributed by atoms with E-state index in [-0.39, 0.29) is 5.92 Å². The van der Waals surface area contributed by atoms with Crippen LogP contribution in [0.1, 0.15) is 31.6 Å². The maximum Gasteiger partial charge on any atom is 0.240 e. The highest BCUT2D eigenvalue weighted by Crippen LogP contribution is 2.20. The number of hydrogen-bond acceptors (Lipinski definition) is 6. The van der Waals surface area contributed by atoms with Gasteiger partial charge in [0.25, 0.3) is 0 Å². The van der Waals surface area contributed by atoms with Crippen LogP contribution in [0.2, 0.25) is 0 Å². The lowest BCUT2D eigenvalue weighted by atomic mass is 10.1. The molecular formula is C11H15N5O. The maximum absolute atomic E-state index is 5.46. The quantitative estimate of drug-likeness (QED) is 0.838. The largest absolute Gasteiger partial charge is 0.339 e. The van der Waals surface area contributed by atoms with Gasteiger partial charge in [-0.1, -0.05) is 12.1 Å². The van der Waals surface area contributed by atoms with Crippen LogP contribution in [0.25, 0.3) is 11.6 Å². The number of rotatable bonds is 5. The minimum atomic E-state index is 0.212. The third kappa shape index (κ3) is 2.85. The van der Waals surface area contributed by atoms with E-state index in [0.29, 0.717) is 24.1 Å². The Bertz CT molecular complexity index is 456. The molecule has 0 amide bonds. The molecular weight excluding hydrogens is 218 g/mol. The topological polar surface area (TPSA) is 90.7 Å². The first kappa shape index (κ1) is 11.7. The average Bonchev–Trinajstić information content (AvgIpc) is 2.86. The molecule has 0 bridgehead atoms. The number of nitrogens with two attached hydrogens (primary N) is 1. The molecule has 2 aromatic rings. The van der Waals surface area contributed by atoms with E-state index in [9.17, 15) is 0 Å². The third-order valence-electron chi connectivity index (χ3n) is 2.47. The van der Waals surface area contributed by atoms with E-state index in [1.54, 1.807) is 18.5 Å². The Kier molecular flexibility index (Phi) is 3.77. The molecule has 0 radical (unpaired) electrons. The molecule has 0 saturated heterocycles. The summed E-state index contributed by atoms with van der Waals surface area (Å²) in [5.41, 5.74) is 5.46. The van der Waals surface area contributed by atoms with Crippen molar-refractivity contribution in [2.24, 2.45) is 5.73 Å². The molecule has 2 rings (SSSR count). The summed E-state index contributed by atoms with van der Waals surface area (Å²) in [5.74, 6) is 1.73. The Balaban J connectivity index is 2.11. The monoisotopic (exact) mass is 233 g/mol. The van der Waals surface area contributed by atoms with Crippen molar-refractivity contribution >= 4 is 0 Å². The summed E-state index contributed by atoms with van der Waals surface area (Å²) in [6, 6.07) is 1.74. The molecule has 2 heterocycles. The van der Waals surface area contributed by atoms with Crippen molar-refractivity contribution in [1.82, 2.24) is 20.1 Å². The van der Waals surface area contributed by atoms with E-state index in [1.165, 1.54) is 0 Å². The van der Waals surface area contributed by atoms with Crippen molar-refractivity contribution < 1.29 is 4.52 Å². The van der Waals surface area contributed by atoms with Crippen LogP contribution in [-0.2, 0) is 0 Å². The zero-order valence-electron chi connectivity index (χ0n) is 9.71. The highest BCUT2D eigenvalue weighted by molar-refractivity contribution is 5.40. The van der Waals surface area contributed by atoms with Gasteiger partial charge in [-0.2, -0.15) is 4.98 Å². The van der Waals surface area contributed by atoms with Gasteiger partial charge in [-0.15, -0.1) is 0 Å². The van der Waals surface area contributed by atoms with Gasteiger partial charge in [-0.05, 0) is 25.5 Å². The minimum Gasteiger partial charge on any atom is -0.339 e. The standard InChI is InChI=1S/C11H15N5O/c1-8(4-2-5-12)11-15-10(16-17-11)9-13-6-3-7-14-9/h3,6-8H,2,4-5,12H2,1H3. The fourth-order valence-corrected chi connectivity index (χ4v) is 1.49. The van der Waals surface area contributed by atoms with Crippen LogP contribution in [0.15, 0.2) is 23.0 Å². The summed E-state index contributed by atoms with van der Waals surface area (Å²) in [6.07, 6.45) is 5.18. The SMILES string of the molecule is CC(CCCN)c1nc(-c2ncccn2)no1. The summed E-state index contributed by atoms with van der Waals surface area (Å²) in [7, 11) is 0. The van der Waals surface area contributed by atoms with E-state index in [2.05, 4.69) is 20.1 Å². The molecule has 90 valence electrons. The van der Waals surface area contributed by atoms with Crippen LogP contribution < -0.4 is 5.73 Å². The van der Waals surface area contributed by atoms with Gasteiger partial charge in [-0.3, -0.25) is 0 Å². The molecule has 0 aliphatic heterocycles. The van der Waals surface area contributed by atoms with E-state index in [4.69, 9.17) is 10.3 Å². The molecule has 2 N–H and O–H groups in total. The second-order valence-corrected chi connectivity index (χ2v) is 3.86. The van der Waals surface area contributed by atoms with Gasteiger partial charge in [-0.25, -0.2) is 9.97 Å².